The topological polar surface area (TPSA) is 12.0 Å². The Morgan fingerprint density at radius 3 is 2.65 bits per heavy atom. The fraction of sp³-hybridized carbons (Fsp3) is 0.600. The Morgan fingerprint density at radius 2 is 2.06 bits per heavy atom. The van der Waals surface area contributed by atoms with Gasteiger partial charge in [0, 0.05) is 16.6 Å². The maximum atomic E-state index is 3.72. The quantitative estimate of drug-likeness (QED) is 0.741. The van der Waals surface area contributed by atoms with E-state index in [1.165, 1.54) is 31.2 Å². The van der Waals surface area contributed by atoms with Crippen LogP contribution in [0.4, 0.5) is 0 Å². The standard InChI is InChI=1S/C15H24BrN/c1-4-6-10-15(5-2)17-12(3)13-8-7-9-14(16)11-13/h7-9,11-12,15,17H,4-6,10H2,1-3H3/t12-,15?/m0/s1. The summed E-state index contributed by atoms with van der Waals surface area (Å²) in [6.45, 7) is 6.77. The van der Waals surface area contributed by atoms with E-state index in [-0.39, 0.29) is 0 Å². The lowest BCUT2D eigenvalue weighted by Gasteiger charge is -2.22. The zero-order chi connectivity index (χ0) is 12.7. The van der Waals surface area contributed by atoms with Crippen LogP contribution in [-0.4, -0.2) is 6.04 Å². The third-order valence-corrected chi connectivity index (χ3v) is 3.73. The smallest absolute Gasteiger partial charge is 0.0294 e. The molecule has 0 aromatic heterocycles. The molecule has 17 heavy (non-hydrogen) atoms. The Morgan fingerprint density at radius 1 is 1.29 bits per heavy atom. The number of nitrogens with one attached hydrogen (secondary N) is 1. The molecule has 2 atom stereocenters. The molecule has 0 bridgehead atoms. The van der Waals surface area contributed by atoms with Crippen molar-refractivity contribution in [3.63, 3.8) is 0 Å². The van der Waals surface area contributed by atoms with E-state index >= 15 is 0 Å². The van der Waals surface area contributed by atoms with Gasteiger partial charge < -0.3 is 5.32 Å². The normalized spacial score (nSPS) is 14.6. The van der Waals surface area contributed by atoms with E-state index < -0.39 is 0 Å². The summed E-state index contributed by atoms with van der Waals surface area (Å²) in [5.74, 6) is 0. The van der Waals surface area contributed by atoms with Crippen molar-refractivity contribution < 1.29 is 0 Å². The highest BCUT2D eigenvalue weighted by Crippen LogP contribution is 2.19. The molecule has 1 N–H and O–H groups in total. The van der Waals surface area contributed by atoms with E-state index in [2.05, 4.69) is 66.3 Å². The summed E-state index contributed by atoms with van der Waals surface area (Å²) in [5, 5.41) is 3.72. The molecule has 1 aromatic carbocycles. The van der Waals surface area contributed by atoms with E-state index in [0.717, 1.165) is 4.47 Å². The monoisotopic (exact) mass is 297 g/mol. The Hall–Kier alpha value is -0.340. The lowest BCUT2D eigenvalue weighted by molar-refractivity contribution is 0.410. The number of hydrogen-bond acceptors (Lipinski definition) is 1. The molecule has 0 aliphatic heterocycles. The van der Waals surface area contributed by atoms with E-state index in [9.17, 15) is 0 Å². The Labute approximate surface area is 114 Å². The zero-order valence-electron chi connectivity index (χ0n) is 11.2. The Balaban J connectivity index is 2.54. The molecule has 0 radical (unpaired) electrons. The molecule has 1 aromatic rings. The summed E-state index contributed by atoms with van der Waals surface area (Å²) >= 11 is 3.53. The van der Waals surface area contributed by atoms with Crippen molar-refractivity contribution in [2.75, 3.05) is 0 Å². The molecule has 1 nitrogen and oxygen atoms in total. The second-order valence-electron chi connectivity index (χ2n) is 4.69. The third kappa shape index (κ3) is 5.22. The first-order chi connectivity index (χ1) is 8.17. The number of hydrogen-bond donors (Lipinski definition) is 1. The average molecular weight is 298 g/mol. The molecule has 0 saturated carbocycles. The SMILES string of the molecule is CCCCC(CC)N[C@@H](C)c1cccc(Br)c1. The Bertz CT molecular complexity index is 324. The molecule has 0 aliphatic rings. The second-order valence-corrected chi connectivity index (χ2v) is 5.61. The number of benzene rings is 1. The summed E-state index contributed by atoms with van der Waals surface area (Å²) < 4.78 is 1.16. The van der Waals surface area contributed by atoms with Gasteiger partial charge >= 0.3 is 0 Å². The summed E-state index contributed by atoms with van der Waals surface area (Å²) in [5.41, 5.74) is 1.36. The molecule has 0 saturated heterocycles. The lowest BCUT2D eigenvalue weighted by atomic mass is 10.0. The predicted molar refractivity (Wildman–Crippen MR) is 79.3 cm³/mol. The first-order valence-corrected chi connectivity index (χ1v) is 7.48. The van der Waals surface area contributed by atoms with Crippen molar-refractivity contribution in [3.05, 3.63) is 34.3 Å². The minimum Gasteiger partial charge on any atom is -0.307 e. The summed E-state index contributed by atoms with van der Waals surface area (Å²) in [7, 11) is 0. The molecule has 0 amide bonds. The average Bonchev–Trinajstić information content (AvgIpc) is 2.34. The fourth-order valence-electron chi connectivity index (χ4n) is 2.08. The molecule has 1 rings (SSSR count). The summed E-state index contributed by atoms with van der Waals surface area (Å²) in [4.78, 5) is 0. The predicted octanol–water partition coefficient (Wildman–Crippen LogP) is 5.07. The van der Waals surface area contributed by atoms with Crippen molar-refractivity contribution in [1.29, 1.82) is 0 Å². The number of unbranched alkanes of at least 4 members (excludes halogenated alkanes) is 1. The van der Waals surface area contributed by atoms with Gasteiger partial charge in [-0.15, -0.1) is 0 Å². The van der Waals surface area contributed by atoms with Crippen LogP contribution in [0.5, 0.6) is 0 Å². The van der Waals surface area contributed by atoms with Crippen LogP contribution in [0.3, 0.4) is 0 Å². The van der Waals surface area contributed by atoms with Crippen molar-refractivity contribution in [2.45, 2.75) is 58.5 Å². The molecular weight excluding hydrogens is 274 g/mol. The van der Waals surface area contributed by atoms with E-state index in [4.69, 9.17) is 0 Å². The molecule has 1 unspecified atom stereocenters. The number of rotatable bonds is 7. The molecule has 96 valence electrons. The highest BCUT2D eigenvalue weighted by atomic mass is 79.9. The highest BCUT2D eigenvalue weighted by Gasteiger charge is 2.11. The van der Waals surface area contributed by atoms with Crippen LogP contribution in [0.25, 0.3) is 0 Å². The molecule has 0 aliphatic carbocycles. The molecule has 0 fully saturated rings. The van der Waals surface area contributed by atoms with Gasteiger partial charge in [0.05, 0.1) is 0 Å². The van der Waals surface area contributed by atoms with Crippen molar-refractivity contribution in [3.8, 4) is 0 Å². The molecule has 0 heterocycles. The van der Waals surface area contributed by atoms with Crippen LogP contribution in [0.15, 0.2) is 28.7 Å². The van der Waals surface area contributed by atoms with Crippen LogP contribution in [0, 0.1) is 0 Å². The van der Waals surface area contributed by atoms with Gasteiger partial charge in [0.2, 0.25) is 0 Å². The first-order valence-electron chi connectivity index (χ1n) is 6.68. The maximum Gasteiger partial charge on any atom is 0.0294 e. The van der Waals surface area contributed by atoms with Gasteiger partial charge in [0.15, 0.2) is 0 Å². The Kier molecular flexibility index (Phi) is 6.83. The largest absolute Gasteiger partial charge is 0.307 e. The van der Waals surface area contributed by atoms with Gasteiger partial charge in [-0.3, -0.25) is 0 Å². The van der Waals surface area contributed by atoms with Crippen molar-refractivity contribution in [1.82, 2.24) is 5.32 Å². The molecule has 0 spiro atoms. The van der Waals surface area contributed by atoms with E-state index in [0.29, 0.717) is 12.1 Å². The van der Waals surface area contributed by atoms with Gasteiger partial charge in [0.25, 0.3) is 0 Å². The van der Waals surface area contributed by atoms with Gasteiger partial charge in [-0.1, -0.05) is 54.8 Å². The minimum absolute atomic E-state index is 0.425. The van der Waals surface area contributed by atoms with Crippen molar-refractivity contribution >= 4 is 15.9 Å². The summed E-state index contributed by atoms with van der Waals surface area (Å²) in [6, 6.07) is 9.63. The van der Waals surface area contributed by atoms with Crippen LogP contribution in [0.2, 0.25) is 0 Å². The van der Waals surface area contributed by atoms with Crippen molar-refractivity contribution in [2.24, 2.45) is 0 Å². The van der Waals surface area contributed by atoms with E-state index in [1.54, 1.807) is 0 Å². The number of halogens is 1. The summed E-state index contributed by atoms with van der Waals surface area (Å²) in [6.07, 6.45) is 5.09. The fourth-order valence-corrected chi connectivity index (χ4v) is 2.50. The van der Waals surface area contributed by atoms with Gasteiger partial charge in [-0.2, -0.15) is 0 Å². The van der Waals surface area contributed by atoms with Gasteiger partial charge in [0.1, 0.15) is 0 Å². The second kappa shape index (κ2) is 7.88. The van der Waals surface area contributed by atoms with Crippen LogP contribution in [0.1, 0.15) is 58.1 Å². The van der Waals surface area contributed by atoms with Crippen LogP contribution in [-0.2, 0) is 0 Å². The van der Waals surface area contributed by atoms with Crippen LogP contribution >= 0.6 is 15.9 Å². The third-order valence-electron chi connectivity index (χ3n) is 3.23. The van der Waals surface area contributed by atoms with E-state index in [1.807, 2.05) is 0 Å². The highest BCUT2D eigenvalue weighted by molar-refractivity contribution is 9.10. The van der Waals surface area contributed by atoms with Gasteiger partial charge in [-0.05, 0) is 37.5 Å². The zero-order valence-corrected chi connectivity index (χ0v) is 12.8. The molecule has 2 heteroatoms. The maximum absolute atomic E-state index is 3.72. The molecular formula is C15H24BrN. The van der Waals surface area contributed by atoms with Gasteiger partial charge in [-0.25, -0.2) is 0 Å². The first kappa shape index (κ1) is 14.7. The van der Waals surface area contributed by atoms with Crippen LogP contribution < -0.4 is 5.32 Å². The minimum atomic E-state index is 0.425. The lowest BCUT2D eigenvalue weighted by Crippen LogP contribution is -2.30.